The molecule has 0 unspecified atom stereocenters. The number of piperidine rings is 1. The minimum Gasteiger partial charge on any atom is -0.494 e. The molecule has 3 heterocycles. The molecule has 6 nitrogen and oxygen atoms in total. The fraction of sp³-hybridized carbons (Fsp3) is 0.600. The van der Waals surface area contributed by atoms with Gasteiger partial charge in [-0.1, -0.05) is 11.3 Å². The summed E-state index contributed by atoms with van der Waals surface area (Å²) in [5, 5.41) is 1.06. The Bertz CT molecular complexity index is 792. The summed E-state index contributed by atoms with van der Waals surface area (Å²) in [5.41, 5.74) is 1.02. The van der Waals surface area contributed by atoms with Crippen molar-refractivity contribution in [3.05, 3.63) is 18.2 Å². The second-order valence-electron chi connectivity index (χ2n) is 7.45. The predicted octanol–water partition coefficient (Wildman–Crippen LogP) is 2.69. The summed E-state index contributed by atoms with van der Waals surface area (Å²) in [4.78, 5) is 24.3. The Hall–Kier alpha value is -1.86. The van der Waals surface area contributed by atoms with Gasteiger partial charge in [-0.25, -0.2) is 4.98 Å². The highest BCUT2D eigenvalue weighted by Crippen LogP contribution is 2.33. The fourth-order valence-electron chi connectivity index (χ4n) is 3.89. The van der Waals surface area contributed by atoms with Gasteiger partial charge in [-0.2, -0.15) is 0 Å². The van der Waals surface area contributed by atoms with Crippen molar-refractivity contribution in [1.82, 2.24) is 14.8 Å². The largest absolute Gasteiger partial charge is 0.494 e. The molecule has 2 fully saturated rings. The van der Waals surface area contributed by atoms with E-state index in [1.54, 1.807) is 11.3 Å². The minimum atomic E-state index is 0.170. The second kappa shape index (κ2) is 8.02. The number of nitrogens with zero attached hydrogens (tertiary/aromatic N) is 4. The van der Waals surface area contributed by atoms with Crippen molar-refractivity contribution in [2.45, 2.75) is 19.8 Å². The molecule has 0 atom stereocenters. The van der Waals surface area contributed by atoms with Crippen molar-refractivity contribution in [2.75, 3.05) is 57.8 Å². The predicted molar refractivity (Wildman–Crippen MR) is 110 cm³/mol. The molecule has 2 aliphatic rings. The smallest absolute Gasteiger partial charge is 0.225 e. The number of aromatic nitrogens is 1. The number of amides is 1. The number of hydrogen-bond acceptors (Lipinski definition) is 6. The number of anilines is 1. The first-order chi connectivity index (χ1) is 13.1. The Kier molecular flexibility index (Phi) is 5.50. The third-order valence-corrected chi connectivity index (χ3v) is 6.67. The summed E-state index contributed by atoms with van der Waals surface area (Å²) in [5.74, 6) is 1.42. The van der Waals surface area contributed by atoms with Crippen LogP contribution in [0, 0.1) is 5.92 Å². The van der Waals surface area contributed by atoms with Crippen LogP contribution in [0.5, 0.6) is 5.75 Å². The van der Waals surface area contributed by atoms with Crippen LogP contribution in [0.4, 0.5) is 5.13 Å². The molecule has 7 heteroatoms. The number of carbonyl (C=O) groups excluding carboxylic acids is 1. The molecular formula is C20H28N4O2S. The van der Waals surface area contributed by atoms with Gasteiger partial charge in [-0.05, 0) is 45.0 Å². The zero-order valence-electron chi connectivity index (χ0n) is 16.2. The van der Waals surface area contributed by atoms with Crippen LogP contribution >= 0.6 is 11.3 Å². The summed E-state index contributed by atoms with van der Waals surface area (Å²) in [7, 11) is 2.12. The van der Waals surface area contributed by atoms with Crippen LogP contribution in [-0.4, -0.2) is 73.6 Å². The first-order valence-electron chi connectivity index (χ1n) is 9.89. The van der Waals surface area contributed by atoms with E-state index in [2.05, 4.69) is 27.8 Å². The molecule has 0 spiro atoms. The molecule has 0 bridgehead atoms. The molecule has 0 aliphatic carbocycles. The molecule has 1 aromatic carbocycles. The van der Waals surface area contributed by atoms with E-state index in [1.807, 2.05) is 19.1 Å². The van der Waals surface area contributed by atoms with E-state index >= 15 is 0 Å². The van der Waals surface area contributed by atoms with Gasteiger partial charge in [-0.15, -0.1) is 0 Å². The maximum atomic E-state index is 12.8. The average Bonchev–Trinajstić information content (AvgIpc) is 3.12. The van der Waals surface area contributed by atoms with Crippen LogP contribution in [0.15, 0.2) is 18.2 Å². The third-order valence-electron chi connectivity index (χ3n) is 5.59. The summed E-state index contributed by atoms with van der Waals surface area (Å²) in [6.45, 7) is 8.19. The average molecular weight is 389 g/mol. The number of thiazole rings is 1. The van der Waals surface area contributed by atoms with E-state index in [4.69, 9.17) is 9.72 Å². The van der Waals surface area contributed by atoms with Gasteiger partial charge in [0.25, 0.3) is 0 Å². The lowest BCUT2D eigenvalue weighted by Crippen LogP contribution is -2.50. The van der Waals surface area contributed by atoms with E-state index in [9.17, 15) is 4.79 Å². The minimum absolute atomic E-state index is 0.170. The van der Waals surface area contributed by atoms with E-state index in [1.165, 1.54) is 0 Å². The quantitative estimate of drug-likeness (QED) is 0.806. The summed E-state index contributed by atoms with van der Waals surface area (Å²) in [6, 6.07) is 6.09. The standard InChI is InChI=1S/C20H28N4O2S/c1-3-26-16-4-5-17-18(14-16)27-20(21-17)24-8-6-15(7-9-24)19(25)23-12-10-22(2)11-13-23/h4-5,14-15H,3,6-13H2,1-2H3. The maximum Gasteiger partial charge on any atom is 0.225 e. The van der Waals surface area contributed by atoms with Crippen LogP contribution in [0.25, 0.3) is 10.2 Å². The van der Waals surface area contributed by atoms with Crippen LogP contribution in [-0.2, 0) is 4.79 Å². The van der Waals surface area contributed by atoms with Gasteiger partial charge in [0.1, 0.15) is 5.75 Å². The summed E-state index contributed by atoms with van der Waals surface area (Å²) >= 11 is 1.72. The fourth-order valence-corrected chi connectivity index (χ4v) is 4.93. The Labute approximate surface area is 164 Å². The van der Waals surface area contributed by atoms with Crippen LogP contribution < -0.4 is 9.64 Å². The van der Waals surface area contributed by atoms with Crippen molar-refractivity contribution in [1.29, 1.82) is 0 Å². The number of benzene rings is 1. The zero-order chi connectivity index (χ0) is 18.8. The van der Waals surface area contributed by atoms with E-state index in [-0.39, 0.29) is 5.92 Å². The molecule has 27 heavy (non-hydrogen) atoms. The highest BCUT2D eigenvalue weighted by atomic mass is 32.1. The van der Waals surface area contributed by atoms with Crippen LogP contribution in [0.2, 0.25) is 0 Å². The van der Waals surface area contributed by atoms with Crippen molar-refractivity contribution < 1.29 is 9.53 Å². The molecule has 4 rings (SSSR count). The number of piperazine rings is 1. The molecule has 2 aliphatic heterocycles. The Morgan fingerprint density at radius 3 is 2.63 bits per heavy atom. The maximum absolute atomic E-state index is 12.8. The first kappa shape index (κ1) is 18.5. The lowest BCUT2D eigenvalue weighted by Gasteiger charge is -2.37. The first-order valence-corrected chi connectivity index (χ1v) is 10.7. The summed E-state index contributed by atoms with van der Waals surface area (Å²) < 4.78 is 6.75. The van der Waals surface area contributed by atoms with Gasteiger partial charge >= 0.3 is 0 Å². The van der Waals surface area contributed by atoms with Crippen molar-refractivity contribution in [3.63, 3.8) is 0 Å². The van der Waals surface area contributed by atoms with Gasteiger partial charge < -0.3 is 19.4 Å². The number of likely N-dealkylation sites (N-methyl/N-ethyl adjacent to an activating group) is 1. The molecule has 0 saturated carbocycles. The van der Waals surface area contributed by atoms with E-state index in [0.717, 1.165) is 73.2 Å². The normalized spacial score (nSPS) is 19.6. The molecule has 2 saturated heterocycles. The Balaban J connectivity index is 1.37. The van der Waals surface area contributed by atoms with Crippen LogP contribution in [0.1, 0.15) is 19.8 Å². The molecule has 146 valence electrons. The van der Waals surface area contributed by atoms with E-state index in [0.29, 0.717) is 12.5 Å². The topological polar surface area (TPSA) is 48.9 Å². The lowest BCUT2D eigenvalue weighted by atomic mass is 9.95. The van der Waals surface area contributed by atoms with Gasteiger partial charge in [0, 0.05) is 45.2 Å². The van der Waals surface area contributed by atoms with Crippen molar-refractivity contribution >= 4 is 32.6 Å². The number of rotatable bonds is 4. The molecular weight excluding hydrogens is 360 g/mol. The van der Waals surface area contributed by atoms with Gasteiger partial charge in [0.05, 0.1) is 16.8 Å². The lowest BCUT2D eigenvalue weighted by molar-refractivity contribution is -0.137. The number of hydrogen-bond donors (Lipinski definition) is 0. The molecule has 1 aromatic heterocycles. The number of fused-ring (bicyclic) bond motifs is 1. The third kappa shape index (κ3) is 4.04. The number of ether oxygens (including phenoxy) is 1. The number of carbonyl (C=O) groups is 1. The molecule has 2 aromatic rings. The molecule has 0 radical (unpaired) electrons. The summed E-state index contributed by atoms with van der Waals surface area (Å²) in [6.07, 6.45) is 1.84. The Morgan fingerprint density at radius 1 is 1.19 bits per heavy atom. The highest BCUT2D eigenvalue weighted by Gasteiger charge is 2.30. The van der Waals surface area contributed by atoms with Gasteiger partial charge in [-0.3, -0.25) is 4.79 Å². The van der Waals surface area contributed by atoms with Crippen molar-refractivity contribution in [3.8, 4) is 5.75 Å². The molecule has 1 amide bonds. The van der Waals surface area contributed by atoms with Gasteiger partial charge in [0.15, 0.2) is 5.13 Å². The Morgan fingerprint density at radius 2 is 1.93 bits per heavy atom. The van der Waals surface area contributed by atoms with Crippen LogP contribution in [0.3, 0.4) is 0 Å². The van der Waals surface area contributed by atoms with Crippen molar-refractivity contribution in [2.24, 2.45) is 5.92 Å². The monoisotopic (exact) mass is 388 g/mol. The molecule has 0 N–H and O–H groups in total. The van der Waals surface area contributed by atoms with E-state index < -0.39 is 0 Å². The zero-order valence-corrected chi connectivity index (χ0v) is 17.0. The SMILES string of the molecule is CCOc1ccc2nc(N3CCC(C(=O)N4CCN(C)CC4)CC3)sc2c1. The highest BCUT2D eigenvalue weighted by molar-refractivity contribution is 7.22. The van der Waals surface area contributed by atoms with Gasteiger partial charge in [0.2, 0.25) is 5.91 Å². The second-order valence-corrected chi connectivity index (χ2v) is 8.46.